The standard InChI is InChI=1S/C8H19N.C7H7Cl/c1-4-5-6-7-8-9(2)3;8-6-7-4-2-1-3-5-7/h4-8H2,1-3H3;1-5H,6H2. The van der Waals surface area contributed by atoms with Gasteiger partial charge in [-0.3, -0.25) is 0 Å². The number of rotatable bonds is 6. The van der Waals surface area contributed by atoms with Crippen LogP contribution in [0.2, 0.25) is 0 Å². The average molecular weight is 256 g/mol. The van der Waals surface area contributed by atoms with E-state index >= 15 is 0 Å². The molecule has 0 N–H and O–H groups in total. The zero-order valence-electron chi connectivity index (χ0n) is 11.5. The Bertz CT molecular complexity index is 246. The molecule has 1 aromatic carbocycles. The third-order valence-electron chi connectivity index (χ3n) is 2.46. The fourth-order valence-electron chi connectivity index (χ4n) is 1.42. The SMILES string of the molecule is CCCCCCN(C)C.ClCc1ccccc1. The van der Waals surface area contributed by atoms with Crippen LogP contribution in [0.5, 0.6) is 0 Å². The molecular weight excluding hydrogens is 230 g/mol. The Labute approximate surface area is 112 Å². The molecule has 1 aromatic rings. The lowest BCUT2D eigenvalue weighted by Crippen LogP contribution is -2.12. The van der Waals surface area contributed by atoms with Crippen molar-refractivity contribution in [3.63, 3.8) is 0 Å². The summed E-state index contributed by atoms with van der Waals surface area (Å²) in [4.78, 5) is 2.25. The predicted molar refractivity (Wildman–Crippen MR) is 78.7 cm³/mol. The van der Waals surface area contributed by atoms with Crippen molar-refractivity contribution in [3.05, 3.63) is 35.9 Å². The van der Waals surface area contributed by atoms with Crippen LogP contribution in [0.25, 0.3) is 0 Å². The Morgan fingerprint density at radius 1 is 1.00 bits per heavy atom. The van der Waals surface area contributed by atoms with Gasteiger partial charge >= 0.3 is 0 Å². The molecule has 1 rings (SSSR count). The van der Waals surface area contributed by atoms with Gasteiger partial charge in [-0.2, -0.15) is 0 Å². The van der Waals surface area contributed by atoms with E-state index < -0.39 is 0 Å². The second-order valence-corrected chi connectivity index (χ2v) is 4.75. The predicted octanol–water partition coefficient (Wildman–Crippen LogP) is 4.55. The molecule has 98 valence electrons. The highest BCUT2D eigenvalue weighted by molar-refractivity contribution is 6.17. The van der Waals surface area contributed by atoms with E-state index in [1.807, 2.05) is 30.3 Å². The molecule has 0 amide bonds. The van der Waals surface area contributed by atoms with Crippen LogP contribution < -0.4 is 0 Å². The molecule has 0 unspecified atom stereocenters. The monoisotopic (exact) mass is 255 g/mol. The summed E-state index contributed by atoms with van der Waals surface area (Å²) in [5.41, 5.74) is 1.18. The molecule has 0 aromatic heterocycles. The molecule has 0 radical (unpaired) electrons. The summed E-state index contributed by atoms with van der Waals surface area (Å²) < 4.78 is 0. The number of alkyl halides is 1. The Balaban J connectivity index is 0.000000302. The van der Waals surface area contributed by atoms with Gasteiger partial charge in [0, 0.05) is 5.88 Å². The molecule has 0 fully saturated rings. The molecule has 0 aliphatic heterocycles. The molecule has 1 nitrogen and oxygen atoms in total. The number of benzene rings is 1. The van der Waals surface area contributed by atoms with Gasteiger partial charge in [0.1, 0.15) is 0 Å². The van der Waals surface area contributed by atoms with Crippen molar-refractivity contribution >= 4 is 11.6 Å². The maximum absolute atomic E-state index is 5.53. The van der Waals surface area contributed by atoms with E-state index in [4.69, 9.17) is 11.6 Å². The second-order valence-electron chi connectivity index (χ2n) is 4.48. The van der Waals surface area contributed by atoms with E-state index in [1.165, 1.54) is 37.8 Å². The van der Waals surface area contributed by atoms with Crippen LogP contribution in [0.4, 0.5) is 0 Å². The topological polar surface area (TPSA) is 3.24 Å². The zero-order valence-corrected chi connectivity index (χ0v) is 12.2. The lowest BCUT2D eigenvalue weighted by atomic mass is 10.2. The van der Waals surface area contributed by atoms with Gasteiger partial charge in [-0.15, -0.1) is 11.6 Å². The van der Waals surface area contributed by atoms with Gasteiger partial charge < -0.3 is 4.90 Å². The molecule has 0 atom stereocenters. The highest BCUT2D eigenvalue weighted by Gasteiger charge is 1.88. The highest BCUT2D eigenvalue weighted by Crippen LogP contribution is 2.00. The quantitative estimate of drug-likeness (QED) is 0.532. The summed E-state index contributed by atoms with van der Waals surface area (Å²) in [5.74, 6) is 0.612. The summed E-state index contributed by atoms with van der Waals surface area (Å²) >= 11 is 5.53. The van der Waals surface area contributed by atoms with E-state index in [9.17, 15) is 0 Å². The van der Waals surface area contributed by atoms with Crippen molar-refractivity contribution in [2.75, 3.05) is 20.6 Å². The Morgan fingerprint density at radius 3 is 2.06 bits per heavy atom. The lowest BCUT2D eigenvalue weighted by Gasteiger charge is -2.07. The number of halogens is 1. The van der Waals surface area contributed by atoms with Crippen molar-refractivity contribution < 1.29 is 0 Å². The number of hydrogen-bond donors (Lipinski definition) is 0. The van der Waals surface area contributed by atoms with Gasteiger partial charge in [0.25, 0.3) is 0 Å². The van der Waals surface area contributed by atoms with Crippen LogP contribution in [0.1, 0.15) is 38.2 Å². The van der Waals surface area contributed by atoms with E-state index in [1.54, 1.807) is 0 Å². The van der Waals surface area contributed by atoms with Crippen molar-refractivity contribution in [2.45, 2.75) is 38.5 Å². The van der Waals surface area contributed by atoms with Gasteiger partial charge in [0.15, 0.2) is 0 Å². The molecule has 0 aliphatic carbocycles. The second kappa shape index (κ2) is 11.9. The van der Waals surface area contributed by atoms with E-state index in [2.05, 4.69) is 25.9 Å². The summed E-state index contributed by atoms with van der Waals surface area (Å²) in [6.45, 7) is 3.50. The fraction of sp³-hybridized carbons (Fsp3) is 0.600. The van der Waals surface area contributed by atoms with Gasteiger partial charge in [0.2, 0.25) is 0 Å². The first-order valence-corrected chi connectivity index (χ1v) is 6.98. The van der Waals surface area contributed by atoms with Gasteiger partial charge in [0.05, 0.1) is 0 Å². The first-order valence-electron chi connectivity index (χ1n) is 6.45. The van der Waals surface area contributed by atoms with E-state index in [-0.39, 0.29) is 0 Å². The Morgan fingerprint density at radius 2 is 1.65 bits per heavy atom. The van der Waals surface area contributed by atoms with Crippen LogP contribution >= 0.6 is 11.6 Å². The van der Waals surface area contributed by atoms with E-state index in [0.717, 1.165) is 0 Å². The van der Waals surface area contributed by atoms with Crippen molar-refractivity contribution in [2.24, 2.45) is 0 Å². The number of unbranched alkanes of at least 4 members (excludes halogenated alkanes) is 3. The first kappa shape index (κ1) is 16.5. The van der Waals surface area contributed by atoms with Gasteiger partial charge in [-0.05, 0) is 32.6 Å². The third kappa shape index (κ3) is 11.7. The number of hydrogen-bond acceptors (Lipinski definition) is 1. The van der Waals surface area contributed by atoms with Crippen molar-refractivity contribution in [1.82, 2.24) is 4.90 Å². The fourth-order valence-corrected chi connectivity index (χ4v) is 1.60. The Hall–Kier alpha value is -0.530. The van der Waals surface area contributed by atoms with Crippen LogP contribution in [0.3, 0.4) is 0 Å². The average Bonchev–Trinajstić information content (AvgIpc) is 2.36. The smallest absolute Gasteiger partial charge is 0.0474 e. The summed E-state index contributed by atoms with van der Waals surface area (Å²) in [6, 6.07) is 9.96. The molecule has 2 heteroatoms. The molecule has 17 heavy (non-hydrogen) atoms. The van der Waals surface area contributed by atoms with Gasteiger partial charge in [-0.1, -0.05) is 56.5 Å². The Kier molecular flexibility index (Phi) is 11.6. The zero-order chi connectivity index (χ0) is 12.9. The lowest BCUT2D eigenvalue weighted by molar-refractivity contribution is 0.391. The van der Waals surface area contributed by atoms with E-state index in [0.29, 0.717) is 5.88 Å². The molecule has 0 heterocycles. The van der Waals surface area contributed by atoms with Crippen molar-refractivity contribution in [3.8, 4) is 0 Å². The maximum atomic E-state index is 5.53. The molecule has 0 spiro atoms. The van der Waals surface area contributed by atoms with Gasteiger partial charge in [-0.25, -0.2) is 0 Å². The largest absolute Gasteiger partial charge is 0.309 e. The highest BCUT2D eigenvalue weighted by atomic mass is 35.5. The summed E-state index contributed by atoms with van der Waals surface area (Å²) in [7, 11) is 4.26. The van der Waals surface area contributed by atoms with Crippen LogP contribution in [-0.2, 0) is 5.88 Å². The minimum atomic E-state index is 0.612. The molecule has 0 saturated heterocycles. The third-order valence-corrected chi connectivity index (χ3v) is 2.76. The number of nitrogens with zero attached hydrogens (tertiary/aromatic N) is 1. The minimum absolute atomic E-state index is 0.612. The van der Waals surface area contributed by atoms with Crippen LogP contribution in [0, 0.1) is 0 Å². The maximum Gasteiger partial charge on any atom is 0.0474 e. The minimum Gasteiger partial charge on any atom is -0.309 e. The molecule has 0 bridgehead atoms. The summed E-state index contributed by atoms with van der Waals surface area (Å²) in [5, 5.41) is 0. The summed E-state index contributed by atoms with van der Waals surface area (Å²) in [6.07, 6.45) is 5.50. The van der Waals surface area contributed by atoms with Crippen LogP contribution in [0.15, 0.2) is 30.3 Å². The molecular formula is C15H26ClN. The first-order chi connectivity index (χ1) is 8.20. The molecule has 0 saturated carbocycles. The molecule has 0 aliphatic rings. The van der Waals surface area contributed by atoms with Crippen LogP contribution in [-0.4, -0.2) is 25.5 Å². The normalized spacial score (nSPS) is 9.94. The van der Waals surface area contributed by atoms with Crippen molar-refractivity contribution in [1.29, 1.82) is 0 Å².